The van der Waals surface area contributed by atoms with Crippen LogP contribution in [0.5, 0.6) is 5.75 Å². The molecule has 1 fully saturated rings. The Balaban J connectivity index is 1.74. The zero-order valence-corrected chi connectivity index (χ0v) is 12.8. The molecular formula is C16H14ClN3O3. The Labute approximate surface area is 137 Å². The van der Waals surface area contributed by atoms with Crippen LogP contribution in [0.1, 0.15) is 10.4 Å². The topological polar surface area (TPSA) is 81.7 Å². The number of urea groups is 1. The smallest absolute Gasteiger partial charge is 0.321 e. The minimum atomic E-state index is -0.461. The highest BCUT2D eigenvalue weighted by Crippen LogP contribution is 2.24. The van der Waals surface area contributed by atoms with E-state index in [1.165, 1.54) is 18.2 Å². The number of aromatic hydroxyl groups is 1. The number of phenolic OH excluding ortho intramolecular Hbond substituents is 1. The lowest BCUT2D eigenvalue weighted by Crippen LogP contribution is -2.27. The number of hydrogen-bond acceptors (Lipinski definition) is 3. The first-order valence-corrected chi connectivity index (χ1v) is 7.38. The molecule has 118 valence electrons. The lowest BCUT2D eigenvalue weighted by atomic mass is 10.2. The van der Waals surface area contributed by atoms with Gasteiger partial charge in [0.1, 0.15) is 5.75 Å². The summed E-state index contributed by atoms with van der Waals surface area (Å²) in [6.07, 6.45) is 0. The lowest BCUT2D eigenvalue weighted by molar-refractivity contribution is 0.102. The SMILES string of the molecule is O=C(Nc1ccc(N2CCNC2=O)cc1)c1cc(Cl)ccc1O. The van der Waals surface area contributed by atoms with Crippen LogP contribution in [0.2, 0.25) is 5.02 Å². The van der Waals surface area contributed by atoms with Crippen LogP contribution < -0.4 is 15.5 Å². The van der Waals surface area contributed by atoms with Gasteiger partial charge in [0.15, 0.2) is 0 Å². The normalized spacial score (nSPS) is 13.8. The van der Waals surface area contributed by atoms with Crippen molar-refractivity contribution in [1.82, 2.24) is 5.32 Å². The van der Waals surface area contributed by atoms with Gasteiger partial charge in [-0.3, -0.25) is 9.69 Å². The Morgan fingerprint density at radius 2 is 1.96 bits per heavy atom. The van der Waals surface area contributed by atoms with E-state index in [-0.39, 0.29) is 17.3 Å². The minimum absolute atomic E-state index is 0.0977. The first-order chi connectivity index (χ1) is 11.0. The zero-order chi connectivity index (χ0) is 16.4. The fourth-order valence-corrected chi connectivity index (χ4v) is 2.50. The maximum absolute atomic E-state index is 12.2. The van der Waals surface area contributed by atoms with Crippen molar-refractivity contribution in [3.8, 4) is 5.75 Å². The fourth-order valence-electron chi connectivity index (χ4n) is 2.33. The second-order valence-electron chi connectivity index (χ2n) is 5.05. The number of carbonyl (C=O) groups is 2. The molecule has 0 unspecified atom stereocenters. The van der Waals surface area contributed by atoms with Gasteiger partial charge in [-0.25, -0.2) is 4.79 Å². The summed E-state index contributed by atoms with van der Waals surface area (Å²) < 4.78 is 0. The monoisotopic (exact) mass is 331 g/mol. The Kier molecular flexibility index (Phi) is 4.08. The van der Waals surface area contributed by atoms with Crippen molar-refractivity contribution in [3.05, 3.63) is 53.1 Å². The fraction of sp³-hybridized carbons (Fsp3) is 0.125. The summed E-state index contributed by atoms with van der Waals surface area (Å²) in [4.78, 5) is 25.4. The van der Waals surface area contributed by atoms with Gasteiger partial charge in [0.2, 0.25) is 0 Å². The highest BCUT2D eigenvalue weighted by molar-refractivity contribution is 6.31. The summed E-state index contributed by atoms with van der Waals surface area (Å²) in [5.74, 6) is -0.603. The summed E-state index contributed by atoms with van der Waals surface area (Å²) >= 11 is 5.84. The molecule has 3 rings (SSSR count). The molecule has 3 N–H and O–H groups in total. The quantitative estimate of drug-likeness (QED) is 0.809. The number of anilines is 2. The summed E-state index contributed by atoms with van der Waals surface area (Å²) in [5.41, 5.74) is 1.40. The Hall–Kier alpha value is -2.73. The van der Waals surface area contributed by atoms with E-state index in [4.69, 9.17) is 11.6 Å². The predicted molar refractivity (Wildman–Crippen MR) is 88.3 cm³/mol. The van der Waals surface area contributed by atoms with Gasteiger partial charge in [0.05, 0.1) is 5.56 Å². The molecule has 1 saturated heterocycles. The summed E-state index contributed by atoms with van der Waals surface area (Å²) in [7, 11) is 0. The molecular weight excluding hydrogens is 318 g/mol. The molecule has 0 atom stereocenters. The highest BCUT2D eigenvalue weighted by Gasteiger charge is 2.21. The van der Waals surface area contributed by atoms with Crippen molar-refractivity contribution in [2.24, 2.45) is 0 Å². The van der Waals surface area contributed by atoms with Crippen LogP contribution in [0.4, 0.5) is 16.2 Å². The van der Waals surface area contributed by atoms with E-state index in [1.54, 1.807) is 29.2 Å². The molecule has 1 aliphatic heterocycles. The molecule has 2 aromatic carbocycles. The highest BCUT2D eigenvalue weighted by atomic mass is 35.5. The van der Waals surface area contributed by atoms with Crippen LogP contribution in [-0.2, 0) is 0 Å². The van der Waals surface area contributed by atoms with E-state index >= 15 is 0 Å². The lowest BCUT2D eigenvalue weighted by Gasteiger charge is -2.15. The molecule has 0 bridgehead atoms. The molecule has 0 radical (unpaired) electrons. The van der Waals surface area contributed by atoms with E-state index in [9.17, 15) is 14.7 Å². The van der Waals surface area contributed by atoms with Crippen LogP contribution in [0.15, 0.2) is 42.5 Å². The average molecular weight is 332 g/mol. The van der Waals surface area contributed by atoms with Gasteiger partial charge in [-0.1, -0.05) is 11.6 Å². The van der Waals surface area contributed by atoms with Crippen molar-refractivity contribution >= 4 is 34.9 Å². The van der Waals surface area contributed by atoms with Gasteiger partial charge in [-0.05, 0) is 42.5 Å². The third-order valence-electron chi connectivity index (χ3n) is 3.50. The van der Waals surface area contributed by atoms with E-state index in [0.29, 0.717) is 23.8 Å². The second kappa shape index (κ2) is 6.18. The van der Waals surface area contributed by atoms with Gasteiger partial charge < -0.3 is 15.7 Å². The van der Waals surface area contributed by atoms with E-state index in [0.717, 1.165) is 5.69 Å². The molecule has 0 saturated carbocycles. The summed E-state index contributed by atoms with van der Waals surface area (Å²) in [6.45, 7) is 1.23. The number of phenols is 1. The van der Waals surface area contributed by atoms with Crippen molar-refractivity contribution in [3.63, 3.8) is 0 Å². The first-order valence-electron chi connectivity index (χ1n) is 7.00. The van der Waals surface area contributed by atoms with Crippen LogP contribution in [0.25, 0.3) is 0 Å². The third-order valence-corrected chi connectivity index (χ3v) is 3.73. The van der Waals surface area contributed by atoms with Crippen LogP contribution in [-0.4, -0.2) is 30.1 Å². The average Bonchev–Trinajstić information content (AvgIpc) is 2.96. The number of halogens is 1. The number of hydrogen-bond donors (Lipinski definition) is 3. The van der Waals surface area contributed by atoms with Gasteiger partial charge in [-0.15, -0.1) is 0 Å². The Bertz CT molecular complexity index is 762. The molecule has 2 aromatic rings. The molecule has 1 heterocycles. The number of nitrogens with zero attached hydrogens (tertiary/aromatic N) is 1. The number of benzene rings is 2. The molecule has 6 nitrogen and oxygen atoms in total. The number of amides is 3. The third kappa shape index (κ3) is 3.22. The van der Waals surface area contributed by atoms with Gasteiger partial charge in [0, 0.05) is 29.5 Å². The van der Waals surface area contributed by atoms with Crippen molar-refractivity contribution in [1.29, 1.82) is 0 Å². The standard InChI is InChI=1S/C16H14ClN3O3/c17-10-1-6-14(21)13(9-10)15(22)19-11-2-4-12(5-3-11)20-8-7-18-16(20)23/h1-6,9,21H,7-8H2,(H,18,23)(H,19,22). The van der Waals surface area contributed by atoms with Gasteiger partial charge in [-0.2, -0.15) is 0 Å². The molecule has 23 heavy (non-hydrogen) atoms. The van der Waals surface area contributed by atoms with Crippen molar-refractivity contribution in [2.45, 2.75) is 0 Å². The number of carbonyl (C=O) groups excluding carboxylic acids is 2. The van der Waals surface area contributed by atoms with Gasteiger partial charge in [0.25, 0.3) is 5.91 Å². The van der Waals surface area contributed by atoms with Crippen LogP contribution >= 0.6 is 11.6 Å². The molecule has 1 aliphatic rings. The van der Waals surface area contributed by atoms with Crippen LogP contribution in [0.3, 0.4) is 0 Å². The predicted octanol–water partition coefficient (Wildman–Crippen LogP) is 2.83. The molecule has 7 heteroatoms. The number of nitrogens with one attached hydrogen (secondary N) is 2. The van der Waals surface area contributed by atoms with E-state index in [1.807, 2.05) is 0 Å². The Morgan fingerprint density at radius 1 is 1.22 bits per heavy atom. The second-order valence-corrected chi connectivity index (χ2v) is 5.48. The van der Waals surface area contributed by atoms with E-state index in [2.05, 4.69) is 10.6 Å². The zero-order valence-electron chi connectivity index (χ0n) is 12.0. The van der Waals surface area contributed by atoms with Gasteiger partial charge >= 0.3 is 6.03 Å². The molecule has 0 aromatic heterocycles. The first kappa shape index (κ1) is 15.2. The molecule has 0 spiro atoms. The largest absolute Gasteiger partial charge is 0.507 e. The summed E-state index contributed by atoms with van der Waals surface area (Å²) in [5, 5.41) is 15.5. The maximum Gasteiger partial charge on any atom is 0.321 e. The van der Waals surface area contributed by atoms with Crippen molar-refractivity contribution in [2.75, 3.05) is 23.3 Å². The van der Waals surface area contributed by atoms with E-state index < -0.39 is 5.91 Å². The molecule has 3 amide bonds. The summed E-state index contributed by atoms with van der Waals surface area (Å²) in [6, 6.07) is 11.0. The Morgan fingerprint density at radius 3 is 2.61 bits per heavy atom. The minimum Gasteiger partial charge on any atom is -0.507 e. The number of rotatable bonds is 3. The molecule has 0 aliphatic carbocycles. The maximum atomic E-state index is 12.2. The van der Waals surface area contributed by atoms with Crippen LogP contribution in [0, 0.1) is 0 Å². The van der Waals surface area contributed by atoms with Crippen molar-refractivity contribution < 1.29 is 14.7 Å².